The van der Waals surface area contributed by atoms with Gasteiger partial charge in [-0.25, -0.2) is 0 Å². The van der Waals surface area contributed by atoms with Crippen LogP contribution in [0.2, 0.25) is 0 Å². The van der Waals surface area contributed by atoms with Crippen molar-refractivity contribution < 1.29 is 4.79 Å². The Morgan fingerprint density at radius 1 is 1.20 bits per heavy atom. The molecular weight excluding hydrogens is 186 g/mol. The summed E-state index contributed by atoms with van der Waals surface area (Å²) in [5.41, 5.74) is 0. The van der Waals surface area contributed by atoms with Crippen LogP contribution < -0.4 is 0 Å². The van der Waals surface area contributed by atoms with Crippen molar-refractivity contribution in [3.8, 4) is 0 Å². The van der Waals surface area contributed by atoms with Gasteiger partial charge in [0, 0.05) is 12.5 Å². The summed E-state index contributed by atoms with van der Waals surface area (Å²) in [5, 5.41) is 0. The molecule has 1 unspecified atom stereocenters. The maximum absolute atomic E-state index is 10.4. The molecule has 1 fully saturated rings. The Balaban J connectivity index is 2.43. The largest absolute Gasteiger partial charge is 0.303 e. The molecular formula is C13H23NO. The van der Waals surface area contributed by atoms with Crippen LogP contribution in [0, 0.1) is 0 Å². The quantitative estimate of drug-likeness (QED) is 0.495. The van der Waals surface area contributed by atoms with Crippen LogP contribution >= 0.6 is 0 Å². The highest BCUT2D eigenvalue weighted by atomic mass is 16.1. The van der Waals surface area contributed by atoms with Crippen LogP contribution in [0.1, 0.15) is 44.9 Å². The highest BCUT2D eigenvalue weighted by Crippen LogP contribution is 2.17. The van der Waals surface area contributed by atoms with Gasteiger partial charge in [-0.1, -0.05) is 18.9 Å². The minimum atomic E-state index is 0.547. The average Bonchev–Trinajstić information content (AvgIpc) is 2.52. The van der Waals surface area contributed by atoms with Crippen molar-refractivity contribution >= 4 is 6.29 Å². The second-order valence-corrected chi connectivity index (χ2v) is 4.37. The summed E-state index contributed by atoms with van der Waals surface area (Å²) in [6.45, 7) is 6.22. The molecule has 0 aromatic rings. The van der Waals surface area contributed by atoms with Gasteiger partial charge >= 0.3 is 0 Å². The lowest BCUT2D eigenvalue weighted by molar-refractivity contribution is -0.108. The van der Waals surface area contributed by atoms with E-state index >= 15 is 0 Å². The van der Waals surface area contributed by atoms with Crippen molar-refractivity contribution in [2.45, 2.75) is 51.0 Å². The second-order valence-electron chi connectivity index (χ2n) is 4.37. The zero-order valence-corrected chi connectivity index (χ0v) is 9.66. The molecule has 0 aliphatic carbocycles. The molecule has 2 heteroatoms. The first-order chi connectivity index (χ1) is 7.38. The molecule has 1 saturated heterocycles. The molecule has 2 nitrogen and oxygen atoms in total. The van der Waals surface area contributed by atoms with E-state index in [0.29, 0.717) is 12.5 Å². The third-order valence-corrected chi connectivity index (χ3v) is 3.21. The van der Waals surface area contributed by atoms with Gasteiger partial charge in [-0.3, -0.25) is 0 Å². The van der Waals surface area contributed by atoms with Gasteiger partial charge < -0.3 is 9.69 Å². The number of rotatable bonds is 6. The number of carbonyl (C=O) groups is 1. The Morgan fingerprint density at radius 3 is 2.40 bits per heavy atom. The fourth-order valence-electron chi connectivity index (χ4n) is 2.36. The lowest BCUT2D eigenvalue weighted by atomic mass is 10.1. The maximum atomic E-state index is 10.4. The molecule has 0 aromatic carbocycles. The second kappa shape index (κ2) is 7.63. The molecule has 0 N–H and O–H groups in total. The molecule has 0 amide bonds. The zero-order chi connectivity index (χ0) is 10.9. The Morgan fingerprint density at radius 2 is 1.87 bits per heavy atom. The summed E-state index contributed by atoms with van der Waals surface area (Å²) < 4.78 is 0. The Bertz CT molecular complexity index is 183. The van der Waals surface area contributed by atoms with Gasteiger partial charge in [-0.05, 0) is 38.8 Å². The van der Waals surface area contributed by atoms with Crippen LogP contribution in [0.5, 0.6) is 0 Å². The van der Waals surface area contributed by atoms with E-state index in [9.17, 15) is 4.79 Å². The summed E-state index contributed by atoms with van der Waals surface area (Å²) in [4.78, 5) is 13.0. The number of nitrogens with zero attached hydrogens (tertiary/aromatic N) is 1. The molecule has 1 aliphatic rings. The average molecular weight is 209 g/mol. The lowest BCUT2D eigenvalue weighted by Crippen LogP contribution is -2.35. The van der Waals surface area contributed by atoms with Gasteiger partial charge in [0.05, 0.1) is 0 Å². The lowest BCUT2D eigenvalue weighted by Gasteiger charge is -2.29. The van der Waals surface area contributed by atoms with Gasteiger partial charge in [0.1, 0.15) is 6.29 Å². The minimum absolute atomic E-state index is 0.547. The number of likely N-dealkylation sites (tertiary alicyclic amines) is 1. The fraction of sp³-hybridized carbons (Fsp3) is 0.769. The molecule has 0 bridgehead atoms. The first-order valence-electron chi connectivity index (χ1n) is 6.17. The molecule has 1 heterocycles. The van der Waals surface area contributed by atoms with Crippen molar-refractivity contribution in [3.63, 3.8) is 0 Å². The standard InChI is InChI=1S/C13H23NO/c1-2-8-13(9-7-12-15)14-10-5-3-4-6-11-14/h2,12-13H,1,3-11H2. The topological polar surface area (TPSA) is 20.3 Å². The van der Waals surface area contributed by atoms with Gasteiger partial charge in [0.2, 0.25) is 0 Å². The third kappa shape index (κ3) is 4.61. The first kappa shape index (κ1) is 12.4. The molecule has 15 heavy (non-hydrogen) atoms. The normalized spacial score (nSPS) is 20.5. The van der Waals surface area contributed by atoms with Gasteiger partial charge in [-0.15, -0.1) is 6.58 Å². The molecule has 0 saturated carbocycles. The summed E-state index contributed by atoms with van der Waals surface area (Å²) in [7, 11) is 0. The molecule has 0 spiro atoms. The summed E-state index contributed by atoms with van der Waals surface area (Å²) >= 11 is 0. The Kier molecular flexibility index (Phi) is 6.33. The van der Waals surface area contributed by atoms with Crippen LogP contribution in [0.15, 0.2) is 12.7 Å². The van der Waals surface area contributed by atoms with Crippen molar-refractivity contribution in [2.24, 2.45) is 0 Å². The van der Waals surface area contributed by atoms with E-state index in [0.717, 1.165) is 19.1 Å². The molecule has 1 aliphatic heterocycles. The van der Waals surface area contributed by atoms with Crippen molar-refractivity contribution in [1.82, 2.24) is 4.90 Å². The molecule has 86 valence electrons. The van der Waals surface area contributed by atoms with E-state index < -0.39 is 0 Å². The zero-order valence-electron chi connectivity index (χ0n) is 9.66. The van der Waals surface area contributed by atoms with Crippen molar-refractivity contribution in [3.05, 3.63) is 12.7 Å². The summed E-state index contributed by atoms with van der Waals surface area (Å²) in [6, 6.07) is 0.547. The highest BCUT2D eigenvalue weighted by molar-refractivity contribution is 5.49. The van der Waals surface area contributed by atoms with Crippen LogP contribution in [0.4, 0.5) is 0 Å². The number of aldehydes is 1. The third-order valence-electron chi connectivity index (χ3n) is 3.21. The number of hydrogen-bond donors (Lipinski definition) is 0. The van der Waals surface area contributed by atoms with Crippen LogP contribution in [0.25, 0.3) is 0 Å². The number of carbonyl (C=O) groups excluding carboxylic acids is 1. The van der Waals surface area contributed by atoms with Crippen LogP contribution in [-0.2, 0) is 4.79 Å². The number of hydrogen-bond acceptors (Lipinski definition) is 2. The van der Waals surface area contributed by atoms with E-state index in [2.05, 4.69) is 11.5 Å². The Labute approximate surface area is 93.3 Å². The van der Waals surface area contributed by atoms with E-state index in [1.807, 2.05) is 6.08 Å². The Hall–Kier alpha value is -0.630. The predicted octanol–water partition coefficient (Wildman–Crippen LogP) is 2.79. The fourth-order valence-corrected chi connectivity index (χ4v) is 2.36. The highest BCUT2D eigenvalue weighted by Gasteiger charge is 2.17. The van der Waals surface area contributed by atoms with Crippen molar-refractivity contribution in [2.75, 3.05) is 13.1 Å². The van der Waals surface area contributed by atoms with E-state index in [-0.39, 0.29) is 0 Å². The van der Waals surface area contributed by atoms with E-state index in [1.165, 1.54) is 38.8 Å². The minimum Gasteiger partial charge on any atom is -0.303 e. The van der Waals surface area contributed by atoms with Crippen LogP contribution in [0.3, 0.4) is 0 Å². The van der Waals surface area contributed by atoms with Gasteiger partial charge in [0.25, 0.3) is 0 Å². The van der Waals surface area contributed by atoms with Crippen molar-refractivity contribution in [1.29, 1.82) is 0 Å². The van der Waals surface area contributed by atoms with E-state index in [1.54, 1.807) is 0 Å². The van der Waals surface area contributed by atoms with Crippen LogP contribution in [-0.4, -0.2) is 30.3 Å². The molecule has 1 rings (SSSR count). The smallest absolute Gasteiger partial charge is 0.120 e. The summed E-state index contributed by atoms with van der Waals surface area (Å²) in [6.07, 6.45) is 11.1. The molecule has 0 aromatic heterocycles. The maximum Gasteiger partial charge on any atom is 0.120 e. The van der Waals surface area contributed by atoms with E-state index in [4.69, 9.17) is 0 Å². The monoisotopic (exact) mass is 209 g/mol. The first-order valence-corrected chi connectivity index (χ1v) is 6.17. The van der Waals surface area contributed by atoms with Gasteiger partial charge in [0.15, 0.2) is 0 Å². The molecule has 1 atom stereocenters. The predicted molar refractivity (Wildman–Crippen MR) is 63.9 cm³/mol. The summed E-state index contributed by atoms with van der Waals surface area (Å²) in [5.74, 6) is 0. The molecule has 0 radical (unpaired) electrons. The SMILES string of the molecule is C=CCC(CCC=O)N1CCCCCC1. The van der Waals surface area contributed by atoms with Gasteiger partial charge in [-0.2, -0.15) is 0 Å².